The average molecular weight is 211 g/mol. The fourth-order valence-electron chi connectivity index (χ4n) is 1.82. The maximum Gasteiger partial charge on any atom is 0.314 e. The van der Waals surface area contributed by atoms with Gasteiger partial charge in [-0.15, -0.1) is 0 Å². The second-order valence-electron chi connectivity index (χ2n) is 3.58. The number of aromatic nitrogens is 3. The molecule has 1 unspecified atom stereocenters. The number of rotatable bonds is 3. The Morgan fingerprint density at radius 1 is 1.73 bits per heavy atom. The molecule has 0 fully saturated rings. The summed E-state index contributed by atoms with van der Waals surface area (Å²) in [6.07, 6.45) is 1.47. The van der Waals surface area contributed by atoms with Crippen LogP contribution in [-0.4, -0.2) is 33.0 Å². The average Bonchev–Trinajstić information content (AvgIpc) is 2.59. The first-order valence-corrected chi connectivity index (χ1v) is 4.87. The summed E-state index contributed by atoms with van der Waals surface area (Å²) in [6, 6.07) is 0. The fraction of sp³-hybridized carbons (Fsp3) is 0.667. The Bertz CT molecular complexity index is 375. The lowest BCUT2D eigenvalue weighted by molar-refractivity contribution is -0.139. The summed E-state index contributed by atoms with van der Waals surface area (Å²) in [7, 11) is 1.56. The van der Waals surface area contributed by atoms with Gasteiger partial charge in [-0.2, -0.15) is 5.10 Å². The topological polar surface area (TPSA) is 77.2 Å². The Kier molecular flexibility index (Phi) is 2.68. The molecule has 15 heavy (non-hydrogen) atoms. The van der Waals surface area contributed by atoms with Crippen LogP contribution in [-0.2, 0) is 22.7 Å². The van der Waals surface area contributed by atoms with Gasteiger partial charge in [0.1, 0.15) is 18.3 Å². The van der Waals surface area contributed by atoms with Crippen molar-refractivity contribution in [2.45, 2.75) is 31.9 Å². The normalized spacial score (nSPS) is 19.9. The molecule has 0 radical (unpaired) electrons. The summed E-state index contributed by atoms with van der Waals surface area (Å²) in [5.41, 5.74) is 0. The first-order chi connectivity index (χ1) is 7.22. The molecule has 0 saturated heterocycles. The first kappa shape index (κ1) is 10.1. The molecule has 1 N–H and O–H groups in total. The van der Waals surface area contributed by atoms with Crippen molar-refractivity contribution in [1.82, 2.24) is 14.8 Å². The Morgan fingerprint density at radius 3 is 3.20 bits per heavy atom. The van der Waals surface area contributed by atoms with E-state index in [9.17, 15) is 4.79 Å². The molecule has 1 aromatic rings. The number of carboxylic acids is 1. The van der Waals surface area contributed by atoms with Crippen LogP contribution in [0.15, 0.2) is 0 Å². The number of aliphatic carboxylic acids is 1. The smallest absolute Gasteiger partial charge is 0.314 e. The monoisotopic (exact) mass is 211 g/mol. The molecule has 6 nitrogen and oxygen atoms in total. The number of ether oxygens (including phenoxy) is 1. The second-order valence-corrected chi connectivity index (χ2v) is 3.58. The van der Waals surface area contributed by atoms with Crippen molar-refractivity contribution in [3.8, 4) is 0 Å². The van der Waals surface area contributed by atoms with E-state index in [1.807, 2.05) is 0 Å². The lowest BCUT2D eigenvalue weighted by Crippen LogP contribution is -2.22. The predicted molar refractivity (Wildman–Crippen MR) is 50.3 cm³/mol. The quantitative estimate of drug-likeness (QED) is 0.782. The summed E-state index contributed by atoms with van der Waals surface area (Å²) in [5, 5.41) is 13.2. The van der Waals surface area contributed by atoms with Crippen molar-refractivity contribution in [1.29, 1.82) is 0 Å². The largest absolute Gasteiger partial charge is 0.481 e. The number of aryl methyl sites for hydroxylation is 1. The van der Waals surface area contributed by atoms with Gasteiger partial charge in [-0.05, 0) is 12.8 Å². The van der Waals surface area contributed by atoms with E-state index in [0.717, 1.165) is 13.0 Å². The van der Waals surface area contributed by atoms with E-state index < -0.39 is 11.9 Å². The van der Waals surface area contributed by atoms with Crippen molar-refractivity contribution in [2.75, 3.05) is 7.11 Å². The predicted octanol–water partition coefficient (Wildman–Crippen LogP) is 0.386. The van der Waals surface area contributed by atoms with E-state index in [1.165, 1.54) is 0 Å². The highest BCUT2D eigenvalue weighted by molar-refractivity contribution is 5.75. The molecular weight excluding hydrogens is 198 g/mol. The molecule has 0 aliphatic carbocycles. The summed E-state index contributed by atoms with van der Waals surface area (Å²) in [4.78, 5) is 15.2. The number of carbonyl (C=O) groups is 1. The molecular formula is C9H13N3O3. The van der Waals surface area contributed by atoms with Crippen molar-refractivity contribution >= 4 is 5.97 Å². The van der Waals surface area contributed by atoms with E-state index in [1.54, 1.807) is 11.8 Å². The third-order valence-corrected chi connectivity index (χ3v) is 2.49. The van der Waals surface area contributed by atoms with Crippen LogP contribution < -0.4 is 0 Å². The molecule has 1 atom stereocenters. The zero-order valence-electron chi connectivity index (χ0n) is 8.51. The molecule has 1 aliphatic heterocycles. The maximum atomic E-state index is 11.0. The summed E-state index contributed by atoms with van der Waals surface area (Å²) in [5.74, 6) is -0.231. The summed E-state index contributed by atoms with van der Waals surface area (Å²) >= 11 is 0. The van der Waals surface area contributed by atoms with Gasteiger partial charge in [0.05, 0.1) is 0 Å². The van der Waals surface area contributed by atoms with Crippen LogP contribution in [0.25, 0.3) is 0 Å². The minimum absolute atomic E-state index is 0.326. The summed E-state index contributed by atoms with van der Waals surface area (Å²) in [6.45, 7) is 1.07. The van der Waals surface area contributed by atoms with E-state index in [0.29, 0.717) is 24.7 Å². The van der Waals surface area contributed by atoms with E-state index in [4.69, 9.17) is 9.84 Å². The van der Waals surface area contributed by atoms with Gasteiger partial charge in [0.2, 0.25) is 0 Å². The molecule has 2 heterocycles. The lowest BCUT2D eigenvalue weighted by atomic mass is 10.00. The third-order valence-electron chi connectivity index (χ3n) is 2.49. The molecule has 0 amide bonds. The highest BCUT2D eigenvalue weighted by Crippen LogP contribution is 2.25. The van der Waals surface area contributed by atoms with Crippen LogP contribution in [0.1, 0.15) is 30.4 Å². The number of nitrogens with zero attached hydrogens (tertiary/aromatic N) is 3. The molecule has 1 aromatic heterocycles. The highest BCUT2D eigenvalue weighted by Gasteiger charge is 2.29. The van der Waals surface area contributed by atoms with Crippen LogP contribution in [0.4, 0.5) is 0 Å². The Labute approximate surface area is 86.9 Å². The molecule has 0 aromatic carbocycles. The summed E-state index contributed by atoms with van der Waals surface area (Å²) < 4.78 is 6.59. The van der Waals surface area contributed by atoms with Gasteiger partial charge >= 0.3 is 5.97 Å². The van der Waals surface area contributed by atoms with Gasteiger partial charge in [-0.3, -0.25) is 4.79 Å². The SMILES string of the molecule is COCc1nc2n(n1)CCCC2C(=O)O. The zero-order chi connectivity index (χ0) is 10.8. The second kappa shape index (κ2) is 3.98. The van der Waals surface area contributed by atoms with Gasteiger partial charge in [-0.1, -0.05) is 0 Å². The minimum atomic E-state index is -0.827. The van der Waals surface area contributed by atoms with E-state index in [2.05, 4.69) is 10.1 Å². The Hall–Kier alpha value is -1.43. The zero-order valence-corrected chi connectivity index (χ0v) is 8.51. The van der Waals surface area contributed by atoms with Crippen LogP contribution in [0.5, 0.6) is 0 Å². The van der Waals surface area contributed by atoms with E-state index in [-0.39, 0.29) is 0 Å². The maximum absolute atomic E-state index is 11.0. The van der Waals surface area contributed by atoms with Gasteiger partial charge in [-0.25, -0.2) is 9.67 Å². The minimum Gasteiger partial charge on any atom is -0.481 e. The van der Waals surface area contributed by atoms with E-state index >= 15 is 0 Å². The molecule has 6 heteroatoms. The van der Waals surface area contributed by atoms with Crippen LogP contribution in [0, 0.1) is 0 Å². The number of methoxy groups -OCH3 is 1. The van der Waals surface area contributed by atoms with Crippen molar-refractivity contribution in [2.24, 2.45) is 0 Å². The van der Waals surface area contributed by atoms with Gasteiger partial charge in [0.25, 0.3) is 0 Å². The fourth-order valence-corrected chi connectivity index (χ4v) is 1.82. The molecule has 0 bridgehead atoms. The molecule has 0 saturated carbocycles. The molecule has 82 valence electrons. The highest BCUT2D eigenvalue weighted by atomic mass is 16.5. The van der Waals surface area contributed by atoms with Crippen molar-refractivity contribution in [3.63, 3.8) is 0 Å². The standard InChI is InChI=1S/C9H13N3O3/c1-15-5-7-10-8-6(9(13)14)3-2-4-12(8)11-7/h6H,2-5H2,1H3,(H,13,14). The molecule has 0 spiro atoms. The first-order valence-electron chi connectivity index (χ1n) is 4.87. The lowest BCUT2D eigenvalue weighted by Gasteiger charge is -2.17. The number of hydrogen-bond acceptors (Lipinski definition) is 4. The van der Waals surface area contributed by atoms with Crippen LogP contribution in [0.3, 0.4) is 0 Å². The number of carboxylic acid groups (broad SMARTS) is 1. The molecule has 1 aliphatic rings. The van der Waals surface area contributed by atoms with Crippen molar-refractivity contribution in [3.05, 3.63) is 11.6 Å². The van der Waals surface area contributed by atoms with Crippen molar-refractivity contribution < 1.29 is 14.6 Å². The number of fused-ring (bicyclic) bond motifs is 1. The van der Waals surface area contributed by atoms with Crippen LogP contribution >= 0.6 is 0 Å². The Morgan fingerprint density at radius 2 is 2.53 bits per heavy atom. The van der Waals surface area contributed by atoms with Gasteiger partial charge in [0, 0.05) is 13.7 Å². The third kappa shape index (κ3) is 1.85. The Balaban J connectivity index is 2.30. The molecule has 2 rings (SSSR count). The van der Waals surface area contributed by atoms with Gasteiger partial charge < -0.3 is 9.84 Å². The van der Waals surface area contributed by atoms with Gasteiger partial charge in [0.15, 0.2) is 5.82 Å². The number of hydrogen-bond donors (Lipinski definition) is 1. The van der Waals surface area contributed by atoms with Crippen LogP contribution in [0.2, 0.25) is 0 Å².